The zero-order valence-electron chi connectivity index (χ0n) is 9.90. The molecular formula is C12H25NO. The van der Waals surface area contributed by atoms with Gasteiger partial charge in [-0.25, -0.2) is 0 Å². The van der Waals surface area contributed by atoms with E-state index in [1.165, 1.54) is 30.5 Å². The van der Waals surface area contributed by atoms with Crippen molar-refractivity contribution in [2.24, 2.45) is 0 Å². The molecule has 14 heavy (non-hydrogen) atoms. The Morgan fingerprint density at radius 3 is 2.36 bits per heavy atom. The smallest absolute Gasteiger partial charge is 0.0661 e. The van der Waals surface area contributed by atoms with Gasteiger partial charge in [0.15, 0.2) is 0 Å². The highest BCUT2D eigenvalue weighted by atomic mass is 16.3. The maximum atomic E-state index is 9.12. The molecule has 0 unspecified atom stereocenters. The first-order valence-electron chi connectivity index (χ1n) is 5.94. The molecule has 0 aromatic heterocycles. The lowest BCUT2D eigenvalue weighted by Gasteiger charge is -2.11. The molecule has 1 aliphatic rings. The first kappa shape index (κ1) is 13.5. The van der Waals surface area contributed by atoms with Crippen LogP contribution in [0.25, 0.3) is 0 Å². The molecule has 0 spiro atoms. The highest BCUT2D eigenvalue weighted by molar-refractivity contribution is 5.14. The number of aliphatic hydroxyl groups is 1. The lowest BCUT2D eigenvalue weighted by Crippen LogP contribution is -2.15. The Bertz CT molecular complexity index is 164. The van der Waals surface area contributed by atoms with E-state index in [1.54, 1.807) is 0 Å². The summed E-state index contributed by atoms with van der Waals surface area (Å²) in [4.78, 5) is 0. The molecular weight excluding hydrogens is 174 g/mol. The summed E-state index contributed by atoms with van der Waals surface area (Å²) in [5.74, 6) is 0. The standard InChI is InChI=1S/C10H19NO.C2H6/c1-2-11-10-7-5-3-4-6-9(10)8-12;1-2/h11-12H,2-8H2,1H3;1-2H3. The summed E-state index contributed by atoms with van der Waals surface area (Å²) >= 11 is 0. The van der Waals surface area contributed by atoms with Gasteiger partial charge >= 0.3 is 0 Å². The van der Waals surface area contributed by atoms with Gasteiger partial charge in [0.1, 0.15) is 0 Å². The minimum Gasteiger partial charge on any atom is -0.392 e. The van der Waals surface area contributed by atoms with Gasteiger partial charge in [0, 0.05) is 12.2 Å². The van der Waals surface area contributed by atoms with Crippen LogP contribution in [0.2, 0.25) is 0 Å². The van der Waals surface area contributed by atoms with Crippen molar-refractivity contribution in [2.75, 3.05) is 13.2 Å². The van der Waals surface area contributed by atoms with E-state index >= 15 is 0 Å². The van der Waals surface area contributed by atoms with E-state index in [4.69, 9.17) is 5.11 Å². The second-order valence-electron chi connectivity index (χ2n) is 3.33. The van der Waals surface area contributed by atoms with Crippen LogP contribution in [0.4, 0.5) is 0 Å². The first-order chi connectivity index (χ1) is 6.88. The molecule has 2 nitrogen and oxygen atoms in total. The van der Waals surface area contributed by atoms with Crippen molar-refractivity contribution in [3.05, 3.63) is 11.3 Å². The molecule has 1 rings (SSSR count). The Morgan fingerprint density at radius 1 is 1.14 bits per heavy atom. The SMILES string of the molecule is CC.CCNC1=C(CO)CCCCC1. The molecule has 0 heterocycles. The number of rotatable bonds is 3. The fourth-order valence-electron chi connectivity index (χ4n) is 1.75. The second-order valence-corrected chi connectivity index (χ2v) is 3.33. The molecule has 84 valence electrons. The van der Waals surface area contributed by atoms with Crippen LogP contribution in [-0.2, 0) is 0 Å². The minimum absolute atomic E-state index is 0.238. The molecule has 0 saturated carbocycles. The summed E-state index contributed by atoms with van der Waals surface area (Å²) in [6.45, 7) is 7.31. The van der Waals surface area contributed by atoms with Gasteiger partial charge < -0.3 is 10.4 Å². The van der Waals surface area contributed by atoms with Crippen molar-refractivity contribution >= 4 is 0 Å². The summed E-state index contributed by atoms with van der Waals surface area (Å²) in [6.07, 6.45) is 6.03. The van der Waals surface area contributed by atoms with Crippen LogP contribution in [0.1, 0.15) is 52.9 Å². The van der Waals surface area contributed by atoms with Gasteiger partial charge in [-0.1, -0.05) is 20.3 Å². The summed E-state index contributed by atoms with van der Waals surface area (Å²) in [5.41, 5.74) is 2.53. The van der Waals surface area contributed by atoms with E-state index in [1.807, 2.05) is 13.8 Å². The fourth-order valence-corrected chi connectivity index (χ4v) is 1.75. The van der Waals surface area contributed by atoms with E-state index in [0.717, 1.165) is 19.4 Å². The third-order valence-corrected chi connectivity index (χ3v) is 2.41. The Kier molecular flexibility index (Phi) is 8.75. The van der Waals surface area contributed by atoms with Crippen LogP contribution in [0.3, 0.4) is 0 Å². The predicted octanol–water partition coefficient (Wildman–Crippen LogP) is 2.83. The van der Waals surface area contributed by atoms with Crippen molar-refractivity contribution in [3.63, 3.8) is 0 Å². The van der Waals surface area contributed by atoms with E-state index in [9.17, 15) is 0 Å². The van der Waals surface area contributed by atoms with Gasteiger partial charge in [-0.3, -0.25) is 0 Å². The Labute approximate surface area is 88.4 Å². The number of hydrogen-bond acceptors (Lipinski definition) is 2. The van der Waals surface area contributed by atoms with E-state index in [0.29, 0.717) is 0 Å². The molecule has 0 aromatic rings. The predicted molar refractivity (Wildman–Crippen MR) is 62.2 cm³/mol. The highest BCUT2D eigenvalue weighted by Crippen LogP contribution is 2.21. The topological polar surface area (TPSA) is 32.3 Å². The molecule has 0 amide bonds. The Hall–Kier alpha value is -0.500. The van der Waals surface area contributed by atoms with Crippen molar-refractivity contribution in [1.29, 1.82) is 0 Å². The maximum absolute atomic E-state index is 9.12. The van der Waals surface area contributed by atoms with Gasteiger partial charge in [-0.2, -0.15) is 0 Å². The van der Waals surface area contributed by atoms with Crippen molar-refractivity contribution in [2.45, 2.75) is 52.9 Å². The third kappa shape index (κ3) is 4.66. The quantitative estimate of drug-likeness (QED) is 0.732. The zero-order chi connectivity index (χ0) is 10.8. The summed E-state index contributed by atoms with van der Waals surface area (Å²) in [7, 11) is 0. The van der Waals surface area contributed by atoms with E-state index < -0.39 is 0 Å². The molecule has 2 N–H and O–H groups in total. The monoisotopic (exact) mass is 199 g/mol. The Balaban J connectivity index is 0.000000791. The largest absolute Gasteiger partial charge is 0.392 e. The van der Waals surface area contributed by atoms with E-state index in [-0.39, 0.29) is 6.61 Å². The number of nitrogens with one attached hydrogen (secondary N) is 1. The molecule has 1 aliphatic carbocycles. The van der Waals surface area contributed by atoms with Crippen LogP contribution < -0.4 is 5.32 Å². The van der Waals surface area contributed by atoms with Crippen molar-refractivity contribution in [3.8, 4) is 0 Å². The Morgan fingerprint density at radius 2 is 1.79 bits per heavy atom. The molecule has 0 bridgehead atoms. The second kappa shape index (κ2) is 9.07. The summed E-state index contributed by atoms with van der Waals surface area (Å²) < 4.78 is 0. The molecule has 0 saturated heterocycles. The lowest BCUT2D eigenvalue weighted by molar-refractivity contribution is 0.323. The zero-order valence-corrected chi connectivity index (χ0v) is 9.90. The molecule has 2 heteroatoms. The lowest BCUT2D eigenvalue weighted by atomic mass is 10.1. The van der Waals surface area contributed by atoms with Crippen LogP contribution in [0.15, 0.2) is 11.3 Å². The van der Waals surface area contributed by atoms with Crippen LogP contribution in [0, 0.1) is 0 Å². The van der Waals surface area contributed by atoms with Crippen LogP contribution in [-0.4, -0.2) is 18.3 Å². The fraction of sp³-hybridized carbons (Fsp3) is 0.833. The van der Waals surface area contributed by atoms with Gasteiger partial charge in [-0.15, -0.1) is 0 Å². The van der Waals surface area contributed by atoms with Crippen molar-refractivity contribution in [1.82, 2.24) is 5.32 Å². The molecule has 0 aromatic carbocycles. The minimum atomic E-state index is 0.238. The molecule has 0 aliphatic heterocycles. The van der Waals surface area contributed by atoms with Gasteiger partial charge in [-0.05, 0) is 38.2 Å². The molecule has 0 radical (unpaired) electrons. The van der Waals surface area contributed by atoms with Gasteiger partial charge in [0.25, 0.3) is 0 Å². The van der Waals surface area contributed by atoms with Crippen LogP contribution >= 0.6 is 0 Å². The van der Waals surface area contributed by atoms with Crippen molar-refractivity contribution < 1.29 is 5.11 Å². The maximum Gasteiger partial charge on any atom is 0.0661 e. The average Bonchev–Trinajstić information content (AvgIpc) is 2.47. The average molecular weight is 199 g/mol. The number of aliphatic hydroxyl groups excluding tert-OH is 1. The van der Waals surface area contributed by atoms with E-state index in [2.05, 4.69) is 12.2 Å². The van der Waals surface area contributed by atoms with Gasteiger partial charge in [0.2, 0.25) is 0 Å². The number of allylic oxidation sites excluding steroid dienone is 1. The highest BCUT2D eigenvalue weighted by Gasteiger charge is 2.09. The number of hydrogen-bond donors (Lipinski definition) is 2. The molecule has 0 fully saturated rings. The molecule has 0 atom stereocenters. The third-order valence-electron chi connectivity index (χ3n) is 2.41. The van der Waals surface area contributed by atoms with Crippen LogP contribution in [0.5, 0.6) is 0 Å². The van der Waals surface area contributed by atoms with Gasteiger partial charge in [0.05, 0.1) is 6.61 Å². The normalized spacial score (nSPS) is 16.9. The first-order valence-corrected chi connectivity index (χ1v) is 5.94. The summed E-state index contributed by atoms with van der Waals surface area (Å²) in [5, 5.41) is 12.5. The summed E-state index contributed by atoms with van der Waals surface area (Å²) in [6, 6.07) is 0.